The summed E-state index contributed by atoms with van der Waals surface area (Å²) >= 11 is 0. The molecule has 156 valence electrons. The summed E-state index contributed by atoms with van der Waals surface area (Å²) in [5.41, 5.74) is 3.50. The van der Waals surface area contributed by atoms with E-state index in [1.807, 2.05) is 18.2 Å². The summed E-state index contributed by atoms with van der Waals surface area (Å²) in [6.07, 6.45) is 2.10. The SMILES string of the molecule is Cc1ccccc1OCCCCn1c(CN2CCOCC2)nc2ccccc21.Cl. The van der Waals surface area contributed by atoms with Crippen LogP contribution in [0.1, 0.15) is 24.2 Å². The van der Waals surface area contributed by atoms with Gasteiger partial charge in [0.2, 0.25) is 0 Å². The summed E-state index contributed by atoms with van der Waals surface area (Å²) < 4.78 is 13.8. The van der Waals surface area contributed by atoms with Crippen LogP contribution in [-0.2, 0) is 17.8 Å². The molecule has 0 saturated carbocycles. The van der Waals surface area contributed by atoms with Gasteiger partial charge < -0.3 is 14.0 Å². The van der Waals surface area contributed by atoms with E-state index in [9.17, 15) is 0 Å². The van der Waals surface area contributed by atoms with Gasteiger partial charge in [0.1, 0.15) is 11.6 Å². The molecule has 0 spiro atoms. The zero-order chi connectivity index (χ0) is 19.2. The molecular weight excluding hydrogens is 386 g/mol. The van der Waals surface area contributed by atoms with Crippen LogP contribution >= 0.6 is 12.4 Å². The van der Waals surface area contributed by atoms with Crippen molar-refractivity contribution in [1.82, 2.24) is 14.5 Å². The summed E-state index contributed by atoms with van der Waals surface area (Å²) in [6.45, 7) is 8.28. The Morgan fingerprint density at radius 2 is 1.76 bits per heavy atom. The number of rotatable bonds is 8. The lowest BCUT2D eigenvalue weighted by Gasteiger charge is -2.26. The molecule has 6 heteroatoms. The number of para-hydroxylation sites is 3. The molecular formula is C23H30ClN3O2. The number of aryl methyl sites for hydroxylation is 2. The standard InChI is InChI=1S/C23H29N3O2.ClH/c1-19-8-2-5-11-22(19)28-15-7-6-12-26-21-10-4-3-9-20(21)24-23(26)18-25-13-16-27-17-14-25;/h2-5,8-11H,6-7,12-18H2,1H3;1H. The Bertz CT molecular complexity index is 906. The van der Waals surface area contributed by atoms with Gasteiger partial charge in [-0.1, -0.05) is 30.3 Å². The Labute approximate surface area is 179 Å². The third kappa shape index (κ3) is 5.50. The third-order valence-corrected chi connectivity index (χ3v) is 5.33. The molecule has 2 heterocycles. The van der Waals surface area contributed by atoms with Crippen LogP contribution in [0.15, 0.2) is 48.5 Å². The maximum atomic E-state index is 5.95. The summed E-state index contributed by atoms with van der Waals surface area (Å²) in [5.74, 6) is 2.14. The van der Waals surface area contributed by atoms with Gasteiger partial charge in [-0.2, -0.15) is 0 Å². The van der Waals surface area contributed by atoms with Crippen molar-refractivity contribution in [2.24, 2.45) is 0 Å². The van der Waals surface area contributed by atoms with Crippen molar-refractivity contribution in [2.45, 2.75) is 32.9 Å². The number of unbranched alkanes of at least 4 members (excludes halogenated alkanes) is 1. The number of morpholine rings is 1. The first-order valence-electron chi connectivity index (χ1n) is 10.2. The van der Waals surface area contributed by atoms with Crippen LogP contribution in [0.25, 0.3) is 11.0 Å². The number of aromatic nitrogens is 2. The lowest BCUT2D eigenvalue weighted by atomic mass is 10.2. The zero-order valence-corrected chi connectivity index (χ0v) is 17.9. The average molecular weight is 416 g/mol. The van der Waals surface area contributed by atoms with Gasteiger partial charge in [-0.15, -0.1) is 12.4 Å². The monoisotopic (exact) mass is 415 g/mol. The molecule has 5 nitrogen and oxygen atoms in total. The highest BCUT2D eigenvalue weighted by Gasteiger charge is 2.16. The predicted octanol–water partition coefficient (Wildman–Crippen LogP) is 4.46. The Balaban J connectivity index is 0.00000240. The van der Waals surface area contributed by atoms with Crippen molar-refractivity contribution in [2.75, 3.05) is 32.9 Å². The first-order valence-corrected chi connectivity index (χ1v) is 10.2. The number of nitrogens with zero attached hydrogens (tertiary/aromatic N) is 3. The third-order valence-electron chi connectivity index (χ3n) is 5.33. The molecule has 1 aliphatic heterocycles. The smallest absolute Gasteiger partial charge is 0.124 e. The Morgan fingerprint density at radius 1 is 1.00 bits per heavy atom. The van der Waals surface area contributed by atoms with Crippen molar-refractivity contribution < 1.29 is 9.47 Å². The van der Waals surface area contributed by atoms with Crippen LogP contribution in [-0.4, -0.2) is 47.4 Å². The number of halogens is 1. The second-order valence-corrected chi connectivity index (χ2v) is 7.38. The lowest BCUT2D eigenvalue weighted by molar-refractivity contribution is 0.0326. The summed E-state index contributed by atoms with van der Waals surface area (Å²) in [7, 11) is 0. The highest BCUT2D eigenvalue weighted by Crippen LogP contribution is 2.20. The largest absolute Gasteiger partial charge is 0.493 e. The van der Waals surface area contributed by atoms with Crippen molar-refractivity contribution in [3.8, 4) is 5.75 Å². The first kappa shape index (κ1) is 21.6. The number of benzene rings is 2. The average Bonchev–Trinajstić information content (AvgIpc) is 3.07. The maximum absolute atomic E-state index is 5.95. The molecule has 3 aromatic rings. The molecule has 1 aromatic heterocycles. The first-order chi connectivity index (χ1) is 13.8. The van der Waals surface area contributed by atoms with Gasteiger partial charge in [-0.3, -0.25) is 4.90 Å². The van der Waals surface area contributed by atoms with Gasteiger partial charge in [-0.05, 0) is 43.5 Å². The van der Waals surface area contributed by atoms with Gasteiger partial charge in [0, 0.05) is 19.6 Å². The van der Waals surface area contributed by atoms with E-state index in [0.717, 1.165) is 75.9 Å². The highest BCUT2D eigenvalue weighted by atomic mass is 35.5. The maximum Gasteiger partial charge on any atom is 0.124 e. The van der Waals surface area contributed by atoms with E-state index < -0.39 is 0 Å². The van der Waals surface area contributed by atoms with Crippen LogP contribution in [0.3, 0.4) is 0 Å². The van der Waals surface area contributed by atoms with Gasteiger partial charge in [-0.25, -0.2) is 4.98 Å². The molecule has 0 bridgehead atoms. The van der Waals surface area contributed by atoms with Crippen LogP contribution in [0, 0.1) is 6.92 Å². The van der Waals surface area contributed by atoms with E-state index in [0.29, 0.717) is 0 Å². The van der Waals surface area contributed by atoms with Crippen LogP contribution in [0.2, 0.25) is 0 Å². The fraction of sp³-hybridized carbons (Fsp3) is 0.435. The van der Waals surface area contributed by atoms with Crippen molar-refractivity contribution >= 4 is 23.4 Å². The number of ether oxygens (including phenoxy) is 2. The van der Waals surface area contributed by atoms with Gasteiger partial charge in [0.05, 0.1) is 37.4 Å². The predicted molar refractivity (Wildman–Crippen MR) is 119 cm³/mol. The van der Waals surface area contributed by atoms with E-state index in [1.54, 1.807) is 0 Å². The van der Waals surface area contributed by atoms with E-state index in [1.165, 1.54) is 11.1 Å². The number of hydrogen-bond donors (Lipinski definition) is 0. The molecule has 4 rings (SSSR count). The summed E-state index contributed by atoms with van der Waals surface area (Å²) in [5, 5.41) is 0. The van der Waals surface area contributed by atoms with Crippen LogP contribution < -0.4 is 4.74 Å². The fourth-order valence-electron chi connectivity index (χ4n) is 3.73. The number of imidazole rings is 1. The Hall–Kier alpha value is -2.08. The quantitative estimate of drug-likeness (QED) is 0.509. The van der Waals surface area contributed by atoms with E-state index in [2.05, 4.69) is 46.7 Å². The van der Waals surface area contributed by atoms with E-state index in [4.69, 9.17) is 14.5 Å². The minimum Gasteiger partial charge on any atom is -0.493 e. The molecule has 1 saturated heterocycles. The van der Waals surface area contributed by atoms with E-state index in [-0.39, 0.29) is 12.4 Å². The topological polar surface area (TPSA) is 39.5 Å². The molecule has 0 amide bonds. The normalized spacial score (nSPS) is 14.7. The molecule has 0 N–H and O–H groups in total. The second-order valence-electron chi connectivity index (χ2n) is 7.38. The molecule has 0 atom stereocenters. The molecule has 0 radical (unpaired) electrons. The summed E-state index contributed by atoms with van der Waals surface area (Å²) in [6, 6.07) is 16.6. The molecule has 0 unspecified atom stereocenters. The molecule has 1 aliphatic rings. The Morgan fingerprint density at radius 3 is 2.59 bits per heavy atom. The molecule has 0 aliphatic carbocycles. The van der Waals surface area contributed by atoms with Crippen molar-refractivity contribution in [3.63, 3.8) is 0 Å². The number of hydrogen-bond acceptors (Lipinski definition) is 4. The minimum atomic E-state index is 0. The Kier molecular flexibility index (Phi) is 7.92. The van der Waals surface area contributed by atoms with Crippen molar-refractivity contribution in [3.05, 3.63) is 59.9 Å². The van der Waals surface area contributed by atoms with Gasteiger partial charge in [0.25, 0.3) is 0 Å². The minimum absolute atomic E-state index is 0. The second kappa shape index (κ2) is 10.6. The van der Waals surface area contributed by atoms with Crippen LogP contribution in [0.4, 0.5) is 0 Å². The fourth-order valence-corrected chi connectivity index (χ4v) is 3.73. The summed E-state index contributed by atoms with van der Waals surface area (Å²) in [4.78, 5) is 7.35. The van der Waals surface area contributed by atoms with E-state index >= 15 is 0 Å². The van der Waals surface area contributed by atoms with Crippen molar-refractivity contribution in [1.29, 1.82) is 0 Å². The molecule has 1 fully saturated rings. The van der Waals surface area contributed by atoms with Gasteiger partial charge >= 0.3 is 0 Å². The highest BCUT2D eigenvalue weighted by molar-refractivity contribution is 5.85. The zero-order valence-electron chi connectivity index (χ0n) is 17.0. The van der Waals surface area contributed by atoms with Gasteiger partial charge in [0.15, 0.2) is 0 Å². The lowest BCUT2D eigenvalue weighted by Crippen LogP contribution is -2.36. The molecule has 29 heavy (non-hydrogen) atoms. The number of fused-ring (bicyclic) bond motifs is 1. The molecule has 2 aromatic carbocycles. The van der Waals surface area contributed by atoms with Crippen LogP contribution in [0.5, 0.6) is 5.75 Å².